The van der Waals surface area contributed by atoms with E-state index in [2.05, 4.69) is 6.07 Å². The number of hydrogen-bond donors (Lipinski definition) is 1. The Bertz CT molecular complexity index is 1530. The minimum atomic E-state index is -0.442. The van der Waals surface area contributed by atoms with Crippen LogP contribution in [0.15, 0.2) is 109 Å². The summed E-state index contributed by atoms with van der Waals surface area (Å²) in [5.41, 5.74) is 9.89. The zero-order valence-electron chi connectivity index (χ0n) is 20.3. The third kappa shape index (κ3) is 5.64. The van der Waals surface area contributed by atoms with Gasteiger partial charge in [-0.15, -0.1) is 0 Å². The predicted octanol–water partition coefficient (Wildman–Crippen LogP) is 6.29. The Morgan fingerprint density at radius 3 is 2.34 bits per heavy atom. The molecule has 7 heteroatoms. The van der Waals surface area contributed by atoms with Crippen molar-refractivity contribution in [3.05, 3.63) is 136 Å². The van der Waals surface area contributed by atoms with Gasteiger partial charge >= 0.3 is 5.97 Å². The van der Waals surface area contributed by atoms with E-state index in [1.807, 2.05) is 78.9 Å². The molecule has 5 rings (SSSR count). The molecule has 188 valence electrons. The first-order chi connectivity index (χ1) is 18.5. The number of benzene rings is 4. The van der Waals surface area contributed by atoms with Crippen molar-refractivity contribution >= 4 is 17.6 Å². The Morgan fingerprint density at radius 2 is 1.63 bits per heavy atom. The van der Waals surface area contributed by atoms with E-state index in [-0.39, 0.29) is 18.3 Å². The predicted molar refractivity (Wildman–Crippen MR) is 144 cm³/mol. The Kier molecular flexibility index (Phi) is 7.30. The average molecular weight is 523 g/mol. The Balaban J connectivity index is 1.34. The Labute approximate surface area is 225 Å². The molecule has 2 N–H and O–H groups in total. The molecular weight excluding hydrogens is 500 g/mol. The van der Waals surface area contributed by atoms with Gasteiger partial charge in [-0.3, -0.25) is 4.79 Å². The SMILES string of the molecule is N#CC1=C(N)Oc2cc(OC(=O)Cc3ccccc3)ccc2C1c1ccc(OCc2ccc(Cl)cc2)cc1. The molecule has 0 aliphatic carbocycles. The molecule has 38 heavy (non-hydrogen) atoms. The highest BCUT2D eigenvalue weighted by atomic mass is 35.5. The average Bonchev–Trinajstić information content (AvgIpc) is 2.93. The van der Waals surface area contributed by atoms with Gasteiger partial charge in [0.25, 0.3) is 0 Å². The molecule has 1 aliphatic rings. The fraction of sp³-hybridized carbons (Fsp3) is 0.0968. The molecule has 1 aliphatic heterocycles. The van der Waals surface area contributed by atoms with Crippen LogP contribution >= 0.6 is 11.6 Å². The summed E-state index contributed by atoms with van der Waals surface area (Å²) in [5.74, 6) is 0.636. The number of carbonyl (C=O) groups is 1. The van der Waals surface area contributed by atoms with Gasteiger partial charge in [0, 0.05) is 16.7 Å². The van der Waals surface area contributed by atoms with Gasteiger partial charge in [-0.25, -0.2) is 0 Å². The number of hydrogen-bond acceptors (Lipinski definition) is 6. The monoisotopic (exact) mass is 522 g/mol. The fourth-order valence-electron chi connectivity index (χ4n) is 4.28. The first-order valence-electron chi connectivity index (χ1n) is 11.9. The van der Waals surface area contributed by atoms with Crippen LogP contribution in [-0.4, -0.2) is 5.97 Å². The second kappa shape index (κ2) is 11.1. The number of rotatable bonds is 7. The number of nitrogens with two attached hydrogens (primary N) is 1. The summed E-state index contributed by atoms with van der Waals surface area (Å²) >= 11 is 5.94. The number of allylic oxidation sites excluding steroid dienone is 1. The number of fused-ring (bicyclic) bond motifs is 1. The minimum Gasteiger partial charge on any atom is -0.489 e. The maximum Gasteiger partial charge on any atom is 0.315 e. The molecule has 0 fully saturated rings. The standard InChI is InChI=1S/C31H23ClN2O4/c32-23-10-6-21(7-11-23)19-36-24-12-8-22(9-13-24)30-26-15-14-25(17-28(26)38-31(34)27(30)18-33)37-29(35)16-20-4-2-1-3-5-20/h1-15,17,30H,16,19,34H2. The summed E-state index contributed by atoms with van der Waals surface area (Å²) in [7, 11) is 0. The lowest BCUT2D eigenvalue weighted by atomic mass is 9.83. The van der Waals surface area contributed by atoms with Gasteiger partial charge < -0.3 is 19.9 Å². The normalized spacial score (nSPS) is 14.2. The molecule has 1 heterocycles. The molecule has 0 spiro atoms. The van der Waals surface area contributed by atoms with E-state index in [1.54, 1.807) is 18.2 Å². The van der Waals surface area contributed by atoms with Crippen LogP contribution < -0.4 is 19.9 Å². The molecule has 0 bridgehead atoms. The zero-order chi connectivity index (χ0) is 26.5. The zero-order valence-corrected chi connectivity index (χ0v) is 21.0. The van der Waals surface area contributed by atoms with Crippen molar-refractivity contribution in [2.24, 2.45) is 5.73 Å². The van der Waals surface area contributed by atoms with Crippen LogP contribution in [-0.2, 0) is 17.8 Å². The second-order valence-electron chi connectivity index (χ2n) is 8.75. The maximum absolute atomic E-state index is 12.4. The first kappa shape index (κ1) is 24.9. The highest BCUT2D eigenvalue weighted by molar-refractivity contribution is 6.30. The molecule has 6 nitrogen and oxygen atoms in total. The molecule has 0 amide bonds. The van der Waals surface area contributed by atoms with Crippen molar-refractivity contribution in [1.29, 1.82) is 5.26 Å². The van der Waals surface area contributed by atoms with Gasteiger partial charge in [-0.05, 0) is 47.0 Å². The lowest BCUT2D eigenvalue weighted by Gasteiger charge is -2.26. The van der Waals surface area contributed by atoms with Crippen molar-refractivity contribution in [3.8, 4) is 23.3 Å². The fourth-order valence-corrected chi connectivity index (χ4v) is 4.40. The first-order valence-corrected chi connectivity index (χ1v) is 12.3. The highest BCUT2D eigenvalue weighted by Crippen LogP contribution is 2.43. The van der Waals surface area contributed by atoms with Crippen LogP contribution in [0.5, 0.6) is 17.2 Å². The van der Waals surface area contributed by atoms with E-state index < -0.39 is 5.92 Å². The molecular formula is C31H23ClN2O4. The van der Waals surface area contributed by atoms with E-state index in [0.717, 1.165) is 22.3 Å². The second-order valence-corrected chi connectivity index (χ2v) is 9.18. The maximum atomic E-state index is 12.4. The number of carbonyl (C=O) groups excluding carboxylic acids is 1. The summed E-state index contributed by atoms with van der Waals surface area (Å²) in [4.78, 5) is 12.4. The van der Waals surface area contributed by atoms with Crippen molar-refractivity contribution in [1.82, 2.24) is 0 Å². The summed E-state index contributed by atoms with van der Waals surface area (Å²) in [6.45, 7) is 0.401. The van der Waals surface area contributed by atoms with Crippen molar-refractivity contribution in [3.63, 3.8) is 0 Å². The summed E-state index contributed by atoms with van der Waals surface area (Å²) < 4.78 is 17.2. The lowest BCUT2D eigenvalue weighted by molar-refractivity contribution is -0.133. The van der Waals surface area contributed by atoms with Crippen LogP contribution in [0.3, 0.4) is 0 Å². The van der Waals surface area contributed by atoms with Crippen LogP contribution in [0.1, 0.15) is 28.2 Å². The molecule has 0 aromatic heterocycles. The van der Waals surface area contributed by atoms with Gasteiger partial charge in [-0.2, -0.15) is 5.26 Å². The van der Waals surface area contributed by atoms with Gasteiger partial charge in [0.05, 0.1) is 12.3 Å². The molecule has 0 radical (unpaired) electrons. The number of esters is 1. The molecule has 4 aromatic carbocycles. The number of ether oxygens (including phenoxy) is 3. The summed E-state index contributed by atoms with van der Waals surface area (Å²) in [6, 6.07) is 31.6. The van der Waals surface area contributed by atoms with Crippen LogP contribution in [0, 0.1) is 11.3 Å². The van der Waals surface area contributed by atoms with E-state index in [1.165, 1.54) is 0 Å². The van der Waals surface area contributed by atoms with E-state index in [9.17, 15) is 10.1 Å². The Hall–Kier alpha value is -4.73. The van der Waals surface area contributed by atoms with Gasteiger partial charge in [0.1, 0.15) is 35.5 Å². The molecule has 1 unspecified atom stereocenters. The molecule has 0 saturated heterocycles. The number of nitrogens with zero attached hydrogens (tertiary/aromatic N) is 1. The number of halogens is 1. The number of nitriles is 1. The topological polar surface area (TPSA) is 94.6 Å². The van der Waals surface area contributed by atoms with Gasteiger partial charge in [-0.1, -0.05) is 72.3 Å². The third-order valence-corrected chi connectivity index (χ3v) is 6.40. The van der Waals surface area contributed by atoms with Crippen LogP contribution in [0.4, 0.5) is 0 Å². The smallest absolute Gasteiger partial charge is 0.315 e. The Morgan fingerprint density at radius 1 is 0.921 bits per heavy atom. The van der Waals surface area contributed by atoms with E-state index >= 15 is 0 Å². The van der Waals surface area contributed by atoms with Crippen molar-refractivity contribution in [2.75, 3.05) is 0 Å². The molecule has 1 atom stereocenters. The lowest BCUT2D eigenvalue weighted by Crippen LogP contribution is -2.21. The minimum absolute atomic E-state index is 0.0147. The van der Waals surface area contributed by atoms with Crippen LogP contribution in [0.2, 0.25) is 5.02 Å². The third-order valence-electron chi connectivity index (χ3n) is 6.15. The summed E-state index contributed by atoms with van der Waals surface area (Å²) in [5, 5.41) is 10.5. The van der Waals surface area contributed by atoms with E-state index in [0.29, 0.717) is 34.5 Å². The van der Waals surface area contributed by atoms with Gasteiger partial charge in [0.15, 0.2) is 0 Å². The molecule has 0 saturated carbocycles. The van der Waals surface area contributed by atoms with Crippen molar-refractivity contribution in [2.45, 2.75) is 18.9 Å². The highest BCUT2D eigenvalue weighted by Gasteiger charge is 2.31. The van der Waals surface area contributed by atoms with Crippen molar-refractivity contribution < 1.29 is 19.0 Å². The van der Waals surface area contributed by atoms with Gasteiger partial charge in [0.2, 0.25) is 5.88 Å². The van der Waals surface area contributed by atoms with Crippen LogP contribution in [0.25, 0.3) is 0 Å². The molecule has 4 aromatic rings. The largest absolute Gasteiger partial charge is 0.489 e. The quantitative estimate of drug-likeness (QED) is 0.226. The van der Waals surface area contributed by atoms with E-state index in [4.69, 9.17) is 31.5 Å². The summed E-state index contributed by atoms with van der Waals surface area (Å²) in [6.07, 6.45) is 0.147.